The number of carbonyl (C=O) groups is 2. The number of hydrogen-bond donors (Lipinski definition) is 0. The summed E-state index contributed by atoms with van der Waals surface area (Å²) in [5.74, 6) is -0.241. The molecule has 2 aromatic carbocycles. The third-order valence-corrected chi connectivity index (χ3v) is 3.66. The molecule has 0 bridgehead atoms. The highest BCUT2D eigenvalue weighted by molar-refractivity contribution is 6.26. The molecule has 0 aliphatic heterocycles. The van der Waals surface area contributed by atoms with Crippen molar-refractivity contribution in [3.05, 3.63) is 71.3 Å². The summed E-state index contributed by atoms with van der Waals surface area (Å²) in [6.07, 6.45) is 3.24. The number of benzene rings is 2. The van der Waals surface area contributed by atoms with E-state index in [1.807, 2.05) is 13.0 Å². The Morgan fingerprint density at radius 1 is 1.00 bits per heavy atom. The van der Waals surface area contributed by atoms with Crippen molar-refractivity contribution in [2.45, 2.75) is 19.8 Å². The van der Waals surface area contributed by atoms with Gasteiger partial charge in [0.2, 0.25) is 0 Å². The van der Waals surface area contributed by atoms with Crippen LogP contribution in [0.25, 0.3) is 6.08 Å². The molecule has 0 radical (unpaired) electrons. The monoisotopic (exact) mass is 338 g/mol. The third kappa shape index (κ3) is 5.31. The van der Waals surface area contributed by atoms with E-state index in [1.165, 1.54) is 0 Å². The normalized spacial score (nSPS) is 11.0. The largest absolute Gasteiger partial charge is 0.497 e. The summed E-state index contributed by atoms with van der Waals surface area (Å²) in [5, 5.41) is 0. The van der Waals surface area contributed by atoms with Gasteiger partial charge in [-0.2, -0.15) is 0 Å². The van der Waals surface area contributed by atoms with Crippen LogP contribution in [-0.4, -0.2) is 25.5 Å². The molecular weight excluding hydrogens is 316 g/mol. The minimum atomic E-state index is -0.599. The Labute approximate surface area is 148 Å². The summed E-state index contributed by atoms with van der Waals surface area (Å²) >= 11 is 0. The average Bonchev–Trinajstić information content (AvgIpc) is 2.67. The Morgan fingerprint density at radius 2 is 1.68 bits per heavy atom. The number of carbonyl (C=O) groups excluding carboxylic acids is 2. The first-order valence-electron chi connectivity index (χ1n) is 8.28. The maximum atomic E-state index is 12.8. The van der Waals surface area contributed by atoms with E-state index in [1.54, 1.807) is 61.7 Å². The number of esters is 1. The number of ether oxygens (including phenoxy) is 2. The molecule has 0 aromatic heterocycles. The van der Waals surface area contributed by atoms with E-state index in [4.69, 9.17) is 9.47 Å². The Kier molecular flexibility index (Phi) is 6.96. The first-order chi connectivity index (χ1) is 12.2. The number of methoxy groups -OCH3 is 1. The van der Waals surface area contributed by atoms with Crippen LogP contribution in [0.3, 0.4) is 0 Å². The second kappa shape index (κ2) is 9.42. The molecule has 0 amide bonds. The van der Waals surface area contributed by atoms with Crippen molar-refractivity contribution in [3.8, 4) is 5.75 Å². The van der Waals surface area contributed by atoms with Crippen molar-refractivity contribution >= 4 is 17.8 Å². The zero-order valence-corrected chi connectivity index (χ0v) is 14.5. The van der Waals surface area contributed by atoms with Gasteiger partial charge in [0.1, 0.15) is 11.3 Å². The van der Waals surface area contributed by atoms with E-state index in [2.05, 4.69) is 0 Å². The molecule has 0 N–H and O–H groups in total. The smallest absolute Gasteiger partial charge is 0.342 e. The van der Waals surface area contributed by atoms with E-state index < -0.39 is 5.97 Å². The summed E-state index contributed by atoms with van der Waals surface area (Å²) in [7, 11) is 1.58. The van der Waals surface area contributed by atoms with Gasteiger partial charge >= 0.3 is 5.97 Å². The van der Waals surface area contributed by atoms with Gasteiger partial charge in [-0.3, -0.25) is 4.79 Å². The van der Waals surface area contributed by atoms with Crippen LogP contribution in [0.2, 0.25) is 0 Å². The van der Waals surface area contributed by atoms with Crippen molar-refractivity contribution in [2.75, 3.05) is 13.7 Å². The van der Waals surface area contributed by atoms with Crippen molar-refractivity contribution < 1.29 is 19.1 Å². The van der Waals surface area contributed by atoms with Gasteiger partial charge in [0.15, 0.2) is 5.78 Å². The Hall–Kier alpha value is -2.88. The number of ketones is 1. The molecule has 0 spiro atoms. The molecule has 4 heteroatoms. The summed E-state index contributed by atoms with van der Waals surface area (Å²) < 4.78 is 10.4. The molecule has 0 atom stereocenters. The van der Waals surface area contributed by atoms with Gasteiger partial charge in [-0.1, -0.05) is 55.8 Å². The second-order valence-corrected chi connectivity index (χ2v) is 5.52. The molecule has 4 nitrogen and oxygen atoms in total. The van der Waals surface area contributed by atoms with Crippen molar-refractivity contribution in [1.29, 1.82) is 0 Å². The maximum Gasteiger partial charge on any atom is 0.342 e. The van der Waals surface area contributed by atoms with Crippen molar-refractivity contribution in [2.24, 2.45) is 0 Å². The number of Topliss-reactive ketones (excluding diaryl/α,β-unsaturated/α-hetero) is 1. The maximum absolute atomic E-state index is 12.8. The predicted octanol–water partition coefficient (Wildman–Crippen LogP) is 4.30. The lowest BCUT2D eigenvalue weighted by Crippen LogP contribution is -2.16. The summed E-state index contributed by atoms with van der Waals surface area (Å²) in [5.41, 5.74) is 1.20. The summed E-state index contributed by atoms with van der Waals surface area (Å²) in [4.78, 5) is 25.2. The first kappa shape index (κ1) is 18.5. The van der Waals surface area contributed by atoms with Crippen molar-refractivity contribution in [1.82, 2.24) is 0 Å². The number of rotatable bonds is 8. The van der Waals surface area contributed by atoms with E-state index in [9.17, 15) is 9.59 Å². The van der Waals surface area contributed by atoms with Gasteiger partial charge in [-0.15, -0.1) is 0 Å². The zero-order valence-electron chi connectivity index (χ0n) is 14.5. The lowest BCUT2D eigenvalue weighted by molar-refractivity contribution is -0.138. The fourth-order valence-electron chi connectivity index (χ4n) is 2.22. The van der Waals surface area contributed by atoms with Crippen LogP contribution in [0, 0.1) is 0 Å². The molecule has 0 unspecified atom stereocenters. The first-order valence-corrected chi connectivity index (χ1v) is 8.28. The van der Waals surface area contributed by atoms with Gasteiger partial charge < -0.3 is 9.47 Å². The van der Waals surface area contributed by atoms with Gasteiger partial charge in [-0.25, -0.2) is 4.79 Å². The van der Waals surface area contributed by atoms with Crippen LogP contribution < -0.4 is 4.74 Å². The Bertz CT molecular complexity index is 730. The molecule has 2 rings (SSSR count). The minimum Gasteiger partial charge on any atom is -0.497 e. The van der Waals surface area contributed by atoms with Gasteiger partial charge in [0, 0.05) is 5.56 Å². The predicted molar refractivity (Wildman–Crippen MR) is 97.6 cm³/mol. The van der Waals surface area contributed by atoms with Crippen LogP contribution in [0.5, 0.6) is 5.75 Å². The quantitative estimate of drug-likeness (QED) is 0.180. The fraction of sp³-hybridized carbons (Fsp3) is 0.238. The molecule has 25 heavy (non-hydrogen) atoms. The van der Waals surface area contributed by atoms with E-state index in [0.717, 1.165) is 18.4 Å². The summed E-state index contributed by atoms with van der Waals surface area (Å²) in [6.45, 7) is 2.31. The number of hydrogen-bond acceptors (Lipinski definition) is 4. The van der Waals surface area contributed by atoms with E-state index in [0.29, 0.717) is 17.9 Å². The van der Waals surface area contributed by atoms with E-state index in [-0.39, 0.29) is 11.4 Å². The number of unbranched alkanes of at least 4 members (excludes halogenated alkanes) is 1. The fourth-order valence-corrected chi connectivity index (χ4v) is 2.22. The minimum absolute atomic E-state index is 0.0208. The van der Waals surface area contributed by atoms with Crippen LogP contribution >= 0.6 is 0 Å². The van der Waals surface area contributed by atoms with Gasteiger partial charge in [0.05, 0.1) is 13.7 Å². The van der Waals surface area contributed by atoms with Crippen LogP contribution in [0.1, 0.15) is 35.7 Å². The highest BCUT2D eigenvalue weighted by Crippen LogP contribution is 2.17. The SMILES string of the molecule is CCCCOC(=O)/C(=C\c1ccc(OC)cc1)C(=O)c1ccccc1. The highest BCUT2D eigenvalue weighted by atomic mass is 16.5. The van der Waals surface area contributed by atoms with Crippen LogP contribution in [-0.2, 0) is 9.53 Å². The third-order valence-electron chi connectivity index (χ3n) is 3.66. The molecule has 130 valence electrons. The van der Waals surface area contributed by atoms with Crippen LogP contribution in [0.15, 0.2) is 60.2 Å². The molecule has 0 aliphatic carbocycles. The Balaban J connectivity index is 2.31. The molecule has 0 saturated heterocycles. The summed E-state index contributed by atoms with van der Waals surface area (Å²) in [6, 6.07) is 15.8. The lowest BCUT2D eigenvalue weighted by atomic mass is 10.0. The molecule has 2 aromatic rings. The average molecular weight is 338 g/mol. The zero-order chi connectivity index (χ0) is 18.1. The standard InChI is InChI=1S/C21H22O4/c1-3-4-14-25-21(23)19(20(22)17-8-6-5-7-9-17)15-16-10-12-18(24-2)13-11-16/h5-13,15H,3-4,14H2,1-2H3/b19-15-. The van der Waals surface area contributed by atoms with Crippen molar-refractivity contribution in [3.63, 3.8) is 0 Å². The highest BCUT2D eigenvalue weighted by Gasteiger charge is 2.21. The molecule has 0 aliphatic rings. The topological polar surface area (TPSA) is 52.6 Å². The molecule has 0 saturated carbocycles. The molecular formula is C21H22O4. The van der Waals surface area contributed by atoms with Gasteiger partial charge in [-0.05, 0) is 30.2 Å². The molecule has 0 heterocycles. The lowest BCUT2D eigenvalue weighted by Gasteiger charge is -2.08. The molecule has 0 fully saturated rings. The Morgan fingerprint density at radius 3 is 2.28 bits per heavy atom. The van der Waals surface area contributed by atoms with E-state index >= 15 is 0 Å². The van der Waals surface area contributed by atoms with Gasteiger partial charge in [0.25, 0.3) is 0 Å². The van der Waals surface area contributed by atoms with Crippen LogP contribution in [0.4, 0.5) is 0 Å². The second-order valence-electron chi connectivity index (χ2n) is 5.52.